The van der Waals surface area contributed by atoms with Crippen LogP contribution in [0.3, 0.4) is 0 Å². The zero-order valence-electron chi connectivity index (χ0n) is 12.9. The highest BCUT2D eigenvalue weighted by atomic mass is 35.5. The summed E-state index contributed by atoms with van der Waals surface area (Å²) >= 11 is 6.44. The lowest BCUT2D eigenvalue weighted by Gasteiger charge is -2.23. The molecule has 1 aliphatic carbocycles. The summed E-state index contributed by atoms with van der Waals surface area (Å²) in [4.78, 5) is 2.38. The van der Waals surface area contributed by atoms with Crippen molar-refractivity contribution in [2.24, 2.45) is 7.05 Å². The molecule has 0 spiro atoms. The van der Waals surface area contributed by atoms with Crippen molar-refractivity contribution in [1.82, 2.24) is 24.9 Å². The van der Waals surface area contributed by atoms with Gasteiger partial charge in [-0.15, -0.1) is 10.2 Å². The quantitative estimate of drug-likeness (QED) is 0.866. The maximum Gasteiger partial charge on any atom is 0.230 e. The van der Waals surface area contributed by atoms with Crippen molar-refractivity contribution in [2.75, 3.05) is 6.54 Å². The van der Waals surface area contributed by atoms with E-state index in [9.17, 15) is 0 Å². The van der Waals surface area contributed by atoms with Gasteiger partial charge in [-0.25, -0.2) is 0 Å². The molecule has 0 amide bonds. The summed E-state index contributed by atoms with van der Waals surface area (Å²) in [7, 11) is 1.89. The van der Waals surface area contributed by atoms with Crippen LogP contribution >= 0.6 is 11.6 Å². The fourth-order valence-electron chi connectivity index (χ4n) is 3.37. The molecule has 6 nitrogen and oxygen atoms in total. The molecule has 0 unspecified atom stereocenters. The molecule has 1 saturated carbocycles. The van der Waals surface area contributed by atoms with Crippen molar-refractivity contribution in [3.63, 3.8) is 0 Å². The molecule has 0 bridgehead atoms. The van der Waals surface area contributed by atoms with Crippen LogP contribution in [0.4, 0.5) is 0 Å². The van der Waals surface area contributed by atoms with Crippen molar-refractivity contribution >= 4 is 11.6 Å². The number of aryl methyl sites for hydroxylation is 2. The van der Waals surface area contributed by atoms with Gasteiger partial charge in [0, 0.05) is 24.6 Å². The van der Waals surface area contributed by atoms with Gasteiger partial charge < -0.3 is 4.42 Å². The second-order valence-electron chi connectivity index (χ2n) is 6.35. The van der Waals surface area contributed by atoms with E-state index < -0.39 is 0 Å². The Morgan fingerprint density at radius 2 is 2.09 bits per heavy atom. The van der Waals surface area contributed by atoms with Crippen molar-refractivity contribution < 1.29 is 4.42 Å². The van der Waals surface area contributed by atoms with E-state index >= 15 is 0 Å². The molecule has 1 aliphatic heterocycles. The fourth-order valence-corrected chi connectivity index (χ4v) is 3.67. The van der Waals surface area contributed by atoms with Crippen LogP contribution in [0.1, 0.15) is 60.7 Å². The Balaban J connectivity index is 1.55. The molecule has 7 heteroatoms. The zero-order valence-corrected chi connectivity index (χ0v) is 13.7. The van der Waals surface area contributed by atoms with Crippen LogP contribution in [-0.2, 0) is 13.6 Å². The number of hydrogen-bond donors (Lipinski definition) is 0. The minimum absolute atomic E-state index is 0.289. The highest BCUT2D eigenvalue weighted by molar-refractivity contribution is 6.30. The Hall–Kier alpha value is -1.40. The summed E-state index contributed by atoms with van der Waals surface area (Å²) in [6, 6.07) is 0.289. The average Bonchev–Trinajstić information content (AvgIpc) is 2.98. The average molecular weight is 322 g/mol. The fraction of sp³-hybridized carbons (Fsp3) is 0.667. The molecule has 2 aromatic heterocycles. The standard InChI is InChI=1S/C15H20ClN5O/c1-9-13(14(16)20(2)19-9)11-4-3-7-21(11)8-12-17-18-15(22-12)10-5-6-10/h10-11H,3-8H2,1-2H3/t11-/m0/s1. The van der Waals surface area contributed by atoms with Crippen LogP contribution in [0, 0.1) is 6.92 Å². The normalized spacial score (nSPS) is 22.6. The van der Waals surface area contributed by atoms with E-state index in [2.05, 4.69) is 20.2 Å². The molecular weight excluding hydrogens is 302 g/mol. The first-order valence-corrected chi connectivity index (χ1v) is 8.26. The minimum atomic E-state index is 0.289. The van der Waals surface area contributed by atoms with Gasteiger partial charge in [0.2, 0.25) is 11.8 Å². The van der Waals surface area contributed by atoms with Gasteiger partial charge in [0.05, 0.1) is 12.2 Å². The molecule has 1 saturated heterocycles. The lowest BCUT2D eigenvalue weighted by Crippen LogP contribution is -2.23. The second-order valence-corrected chi connectivity index (χ2v) is 6.71. The van der Waals surface area contributed by atoms with Crippen molar-refractivity contribution in [3.05, 3.63) is 28.2 Å². The van der Waals surface area contributed by atoms with Crippen molar-refractivity contribution in [2.45, 2.75) is 51.1 Å². The highest BCUT2D eigenvalue weighted by Gasteiger charge is 2.33. The summed E-state index contributed by atoms with van der Waals surface area (Å²) in [5, 5.41) is 13.6. The van der Waals surface area contributed by atoms with E-state index in [4.69, 9.17) is 16.0 Å². The highest BCUT2D eigenvalue weighted by Crippen LogP contribution is 2.40. The molecule has 2 aromatic rings. The maximum absolute atomic E-state index is 6.44. The first-order chi connectivity index (χ1) is 10.6. The summed E-state index contributed by atoms with van der Waals surface area (Å²) in [5.74, 6) is 2.03. The van der Waals surface area contributed by atoms with Gasteiger partial charge in [0.1, 0.15) is 5.15 Å². The number of hydrogen-bond acceptors (Lipinski definition) is 5. The van der Waals surface area contributed by atoms with E-state index in [1.54, 1.807) is 4.68 Å². The van der Waals surface area contributed by atoms with E-state index in [0.29, 0.717) is 18.4 Å². The lowest BCUT2D eigenvalue weighted by atomic mass is 10.1. The summed E-state index contributed by atoms with van der Waals surface area (Å²) < 4.78 is 7.55. The third-order valence-corrected chi connectivity index (χ3v) is 5.09. The van der Waals surface area contributed by atoms with E-state index in [1.165, 1.54) is 12.8 Å². The van der Waals surface area contributed by atoms with Crippen LogP contribution < -0.4 is 0 Å². The number of likely N-dealkylation sites (tertiary alicyclic amines) is 1. The van der Waals surface area contributed by atoms with Gasteiger partial charge in [-0.05, 0) is 39.2 Å². The van der Waals surface area contributed by atoms with Crippen LogP contribution in [0.2, 0.25) is 5.15 Å². The minimum Gasteiger partial charge on any atom is -0.424 e. The topological polar surface area (TPSA) is 60.0 Å². The number of rotatable bonds is 4. The molecule has 2 fully saturated rings. The molecule has 118 valence electrons. The van der Waals surface area contributed by atoms with Gasteiger partial charge in [-0.1, -0.05) is 11.6 Å². The molecule has 22 heavy (non-hydrogen) atoms. The number of halogens is 1. The molecule has 0 aromatic carbocycles. The third-order valence-electron chi connectivity index (χ3n) is 4.64. The monoisotopic (exact) mass is 321 g/mol. The largest absolute Gasteiger partial charge is 0.424 e. The van der Waals surface area contributed by atoms with E-state index in [1.807, 2.05) is 14.0 Å². The van der Waals surface area contributed by atoms with Gasteiger partial charge in [-0.2, -0.15) is 5.10 Å². The summed E-state index contributed by atoms with van der Waals surface area (Å²) in [5.41, 5.74) is 2.15. The molecule has 3 heterocycles. The van der Waals surface area contributed by atoms with Gasteiger partial charge in [0.15, 0.2) is 0 Å². The van der Waals surface area contributed by atoms with Gasteiger partial charge in [-0.3, -0.25) is 9.58 Å². The van der Waals surface area contributed by atoms with Crippen molar-refractivity contribution in [3.8, 4) is 0 Å². The van der Waals surface area contributed by atoms with E-state index in [0.717, 1.165) is 41.7 Å². The van der Waals surface area contributed by atoms with Crippen LogP contribution in [-0.4, -0.2) is 31.4 Å². The number of aromatic nitrogens is 4. The Labute approximate surface area is 134 Å². The Bertz CT molecular complexity index is 690. The molecule has 0 radical (unpaired) electrons. The Kier molecular flexibility index (Phi) is 3.46. The zero-order chi connectivity index (χ0) is 15.3. The Morgan fingerprint density at radius 1 is 1.27 bits per heavy atom. The molecule has 1 atom stereocenters. The molecule has 2 aliphatic rings. The second kappa shape index (κ2) is 5.35. The summed E-state index contributed by atoms with van der Waals surface area (Å²) in [6.45, 7) is 3.74. The van der Waals surface area contributed by atoms with Crippen LogP contribution in [0.5, 0.6) is 0 Å². The lowest BCUT2D eigenvalue weighted by molar-refractivity contribution is 0.221. The first-order valence-electron chi connectivity index (χ1n) is 7.89. The maximum atomic E-state index is 6.44. The molecular formula is C15H20ClN5O. The predicted octanol–water partition coefficient (Wildman–Crippen LogP) is 2.98. The van der Waals surface area contributed by atoms with Gasteiger partial charge >= 0.3 is 0 Å². The van der Waals surface area contributed by atoms with Crippen LogP contribution in [0.15, 0.2) is 4.42 Å². The predicted molar refractivity (Wildman–Crippen MR) is 81.6 cm³/mol. The van der Waals surface area contributed by atoms with Crippen molar-refractivity contribution in [1.29, 1.82) is 0 Å². The Morgan fingerprint density at radius 3 is 2.77 bits per heavy atom. The SMILES string of the molecule is Cc1nn(C)c(Cl)c1[C@@H]1CCCN1Cc1nnc(C2CC2)o1. The molecule has 0 N–H and O–H groups in total. The summed E-state index contributed by atoms with van der Waals surface area (Å²) in [6.07, 6.45) is 4.60. The smallest absolute Gasteiger partial charge is 0.230 e. The van der Waals surface area contributed by atoms with Gasteiger partial charge in [0.25, 0.3) is 0 Å². The third kappa shape index (κ3) is 2.44. The molecule has 4 rings (SSSR count). The van der Waals surface area contributed by atoms with E-state index in [-0.39, 0.29) is 6.04 Å². The first kappa shape index (κ1) is 14.2. The van der Waals surface area contributed by atoms with Crippen LogP contribution in [0.25, 0.3) is 0 Å². The number of nitrogens with zero attached hydrogens (tertiary/aromatic N) is 5.